The van der Waals surface area contributed by atoms with Gasteiger partial charge in [0.2, 0.25) is 11.1 Å². The third kappa shape index (κ3) is 4.52. The van der Waals surface area contributed by atoms with Crippen molar-refractivity contribution in [3.63, 3.8) is 0 Å². The number of nitrogens with zero attached hydrogens (tertiary/aromatic N) is 4. The van der Waals surface area contributed by atoms with Gasteiger partial charge in [-0.2, -0.15) is 5.26 Å². The molecule has 0 saturated carbocycles. The Balaban J connectivity index is 1.66. The van der Waals surface area contributed by atoms with Crippen molar-refractivity contribution in [3.8, 4) is 17.5 Å². The molecule has 27 heavy (non-hydrogen) atoms. The van der Waals surface area contributed by atoms with Gasteiger partial charge in [-0.3, -0.25) is 4.79 Å². The number of amides is 1. The first-order valence-electron chi connectivity index (χ1n) is 7.56. The number of halogens is 2. The Morgan fingerprint density at radius 3 is 2.67 bits per heavy atom. The maximum atomic E-state index is 12.1. The van der Waals surface area contributed by atoms with E-state index in [9.17, 15) is 4.79 Å². The summed E-state index contributed by atoms with van der Waals surface area (Å²) in [7, 11) is 0. The van der Waals surface area contributed by atoms with Gasteiger partial charge in [0, 0.05) is 16.3 Å². The molecule has 0 spiro atoms. The zero-order valence-electron chi connectivity index (χ0n) is 13.7. The smallest absolute Gasteiger partial charge is 0.234 e. The number of nitrogens with two attached hydrogens (primary N) is 1. The number of nitrogens with one attached hydrogen (secondary N) is 1. The lowest BCUT2D eigenvalue weighted by Crippen LogP contribution is -2.16. The number of benzene rings is 2. The Labute approximate surface area is 169 Å². The molecule has 0 aliphatic carbocycles. The summed E-state index contributed by atoms with van der Waals surface area (Å²) in [6.07, 6.45) is 0. The van der Waals surface area contributed by atoms with Crippen molar-refractivity contribution < 1.29 is 4.79 Å². The number of nitrogen functional groups attached to an aromatic ring is 1. The molecule has 2 aromatic carbocycles. The lowest BCUT2D eigenvalue weighted by Gasteiger charge is -2.06. The summed E-state index contributed by atoms with van der Waals surface area (Å²) >= 11 is 13.3. The summed E-state index contributed by atoms with van der Waals surface area (Å²) in [6.45, 7) is 0. The van der Waals surface area contributed by atoms with E-state index in [4.69, 9.17) is 34.3 Å². The van der Waals surface area contributed by atoms with Gasteiger partial charge in [0.05, 0.1) is 22.4 Å². The quantitative estimate of drug-likeness (QED) is 0.483. The molecule has 1 heterocycles. The number of rotatable bonds is 5. The van der Waals surface area contributed by atoms with Crippen molar-refractivity contribution in [2.45, 2.75) is 5.16 Å². The Bertz CT molecular complexity index is 1030. The molecule has 136 valence electrons. The third-order valence-electron chi connectivity index (χ3n) is 3.46. The fourth-order valence-electron chi connectivity index (χ4n) is 2.18. The van der Waals surface area contributed by atoms with E-state index in [1.807, 2.05) is 6.07 Å². The lowest BCUT2D eigenvalue weighted by molar-refractivity contribution is -0.113. The van der Waals surface area contributed by atoms with Crippen LogP contribution in [0.5, 0.6) is 0 Å². The molecule has 0 saturated heterocycles. The van der Waals surface area contributed by atoms with Gasteiger partial charge in [-0.25, -0.2) is 4.68 Å². The first-order chi connectivity index (χ1) is 13.0. The Morgan fingerprint density at radius 1 is 1.22 bits per heavy atom. The van der Waals surface area contributed by atoms with E-state index in [0.717, 1.165) is 11.8 Å². The Hall–Kier alpha value is -2.73. The van der Waals surface area contributed by atoms with Gasteiger partial charge in [0.15, 0.2) is 5.82 Å². The van der Waals surface area contributed by atoms with E-state index < -0.39 is 0 Å². The molecule has 0 unspecified atom stereocenters. The molecular formula is C17H12Cl2N6OS. The van der Waals surface area contributed by atoms with Crippen molar-refractivity contribution in [2.75, 3.05) is 16.9 Å². The molecule has 3 aromatic rings. The van der Waals surface area contributed by atoms with Crippen molar-refractivity contribution in [1.29, 1.82) is 5.26 Å². The van der Waals surface area contributed by atoms with Gasteiger partial charge in [-0.1, -0.05) is 35.0 Å². The second-order valence-corrected chi connectivity index (χ2v) is 7.11. The average Bonchev–Trinajstić information content (AvgIpc) is 3.03. The van der Waals surface area contributed by atoms with Crippen LogP contribution in [0.4, 0.5) is 5.69 Å². The summed E-state index contributed by atoms with van der Waals surface area (Å²) in [5, 5.41) is 20.8. The molecule has 0 atom stereocenters. The number of carbonyl (C=O) groups excluding carboxylic acids is 1. The average molecular weight is 419 g/mol. The van der Waals surface area contributed by atoms with Gasteiger partial charge >= 0.3 is 0 Å². The molecule has 0 bridgehead atoms. The third-order valence-corrected chi connectivity index (χ3v) is 4.97. The molecule has 1 amide bonds. The molecule has 0 aliphatic rings. The number of aromatic nitrogens is 3. The van der Waals surface area contributed by atoms with Gasteiger partial charge in [0.1, 0.15) is 0 Å². The van der Waals surface area contributed by atoms with Gasteiger partial charge in [-0.05, 0) is 42.5 Å². The molecule has 0 radical (unpaired) electrons. The predicted octanol–water partition coefficient (Wildman–Crippen LogP) is 3.57. The van der Waals surface area contributed by atoms with E-state index in [-0.39, 0.29) is 11.7 Å². The lowest BCUT2D eigenvalue weighted by atomic mass is 10.2. The van der Waals surface area contributed by atoms with Crippen LogP contribution in [0.15, 0.2) is 47.6 Å². The summed E-state index contributed by atoms with van der Waals surface area (Å²) in [4.78, 5) is 12.1. The summed E-state index contributed by atoms with van der Waals surface area (Å²) < 4.78 is 1.26. The number of nitriles is 1. The molecule has 1 aromatic heterocycles. The second kappa shape index (κ2) is 8.31. The first kappa shape index (κ1) is 19.0. The van der Waals surface area contributed by atoms with Gasteiger partial charge < -0.3 is 11.2 Å². The highest BCUT2D eigenvalue weighted by Gasteiger charge is 2.16. The monoisotopic (exact) mass is 418 g/mol. The van der Waals surface area contributed by atoms with Crippen LogP contribution in [0.2, 0.25) is 10.0 Å². The van der Waals surface area contributed by atoms with Gasteiger partial charge in [0.25, 0.3) is 0 Å². The molecule has 0 fully saturated rings. The molecule has 0 aliphatic heterocycles. The van der Waals surface area contributed by atoms with Crippen LogP contribution >= 0.6 is 35.0 Å². The highest BCUT2D eigenvalue weighted by Crippen LogP contribution is 2.30. The van der Waals surface area contributed by atoms with E-state index >= 15 is 0 Å². The highest BCUT2D eigenvalue weighted by atomic mass is 35.5. The fourth-order valence-corrected chi connectivity index (χ4v) is 3.21. The SMILES string of the molecule is N#Cc1ccc(NC(=O)CSc2nnc(-c3cc(Cl)ccc3Cl)n2N)cc1. The number of hydrogen-bond acceptors (Lipinski definition) is 6. The second-order valence-electron chi connectivity index (χ2n) is 5.33. The van der Waals surface area contributed by atoms with E-state index in [0.29, 0.717) is 37.8 Å². The predicted molar refractivity (Wildman–Crippen MR) is 106 cm³/mol. The van der Waals surface area contributed by atoms with Crippen LogP contribution in [-0.4, -0.2) is 26.5 Å². The van der Waals surface area contributed by atoms with Crippen molar-refractivity contribution in [3.05, 3.63) is 58.1 Å². The van der Waals surface area contributed by atoms with Crippen LogP contribution in [0.1, 0.15) is 5.56 Å². The van der Waals surface area contributed by atoms with Crippen molar-refractivity contribution in [1.82, 2.24) is 14.9 Å². The van der Waals surface area contributed by atoms with Crippen molar-refractivity contribution in [2.24, 2.45) is 0 Å². The largest absolute Gasteiger partial charge is 0.335 e. The van der Waals surface area contributed by atoms with Crippen LogP contribution in [-0.2, 0) is 4.79 Å². The van der Waals surface area contributed by atoms with Crippen LogP contribution in [0, 0.1) is 11.3 Å². The first-order valence-corrected chi connectivity index (χ1v) is 9.31. The minimum absolute atomic E-state index is 0.0820. The number of hydrogen-bond donors (Lipinski definition) is 2. The van der Waals surface area contributed by atoms with Crippen LogP contribution in [0.25, 0.3) is 11.4 Å². The minimum Gasteiger partial charge on any atom is -0.335 e. The molecule has 7 nitrogen and oxygen atoms in total. The number of thioether (sulfide) groups is 1. The number of anilines is 1. The maximum absolute atomic E-state index is 12.1. The van der Waals surface area contributed by atoms with Crippen LogP contribution < -0.4 is 11.2 Å². The summed E-state index contributed by atoms with van der Waals surface area (Å²) in [6, 6.07) is 13.5. The zero-order valence-corrected chi connectivity index (χ0v) is 16.0. The normalized spacial score (nSPS) is 10.4. The summed E-state index contributed by atoms with van der Waals surface area (Å²) in [5.41, 5.74) is 1.67. The summed E-state index contributed by atoms with van der Waals surface area (Å²) in [5.74, 6) is 6.22. The van der Waals surface area contributed by atoms with E-state index in [2.05, 4.69) is 15.5 Å². The minimum atomic E-state index is -0.241. The Morgan fingerprint density at radius 2 is 1.96 bits per heavy atom. The highest BCUT2D eigenvalue weighted by molar-refractivity contribution is 7.99. The molecule has 3 N–H and O–H groups in total. The molecular weight excluding hydrogens is 407 g/mol. The molecule has 3 rings (SSSR count). The van der Waals surface area contributed by atoms with Crippen LogP contribution in [0.3, 0.4) is 0 Å². The maximum Gasteiger partial charge on any atom is 0.234 e. The fraction of sp³-hybridized carbons (Fsp3) is 0.0588. The van der Waals surface area contributed by atoms with Gasteiger partial charge in [-0.15, -0.1) is 10.2 Å². The molecule has 10 heteroatoms. The number of carbonyl (C=O) groups is 1. The van der Waals surface area contributed by atoms with E-state index in [1.54, 1.807) is 42.5 Å². The van der Waals surface area contributed by atoms with Crippen molar-refractivity contribution >= 4 is 46.6 Å². The zero-order chi connectivity index (χ0) is 19.4. The van der Waals surface area contributed by atoms with E-state index in [1.165, 1.54) is 4.68 Å². The Kier molecular flexibility index (Phi) is 5.86. The topological polar surface area (TPSA) is 110 Å². The standard InChI is InChI=1S/C17H12Cl2N6OS/c18-11-3-6-14(19)13(7-11)16-23-24-17(25(16)21)27-9-15(26)22-12-4-1-10(8-20)2-5-12/h1-7H,9,21H2,(H,22,26).